The molecular weight excluding hydrogens is 402 g/mol. The second-order valence-electron chi connectivity index (χ2n) is 5.71. The van der Waals surface area contributed by atoms with Crippen molar-refractivity contribution in [2.24, 2.45) is 0 Å². The Morgan fingerprint density at radius 1 is 1.14 bits per heavy atom. The molecule has 0 radical (unpaired) electrons. The number of nitro benzene ring substituents is 1. The SMILES string of the molecule is CCN(CC)S(=O)(=O)c1ccc(NC(=O)c2cc(SC)ccc2[N+](=O)[O-])cc1. The normalized spacial score (nSPS) is 11.4. The molecule has 8 nitrogen and oxygen atoms in total. The molecule has 0 aliphatic rings. The number of nitrogens with one attached hydrogen (secondary N) is 1. The predicted molar refractivity (Wildman–Crippen MR) is 109 cm³/mol. The Bertz CT molecular complexity index is 971. The zero-order chi connectivity index (χ0) is 20.9. The smallest absolute Gasteiger partial charge is 0.282 e. The molecule has 0 atom stereocenters. The van der Waals surface area contributed by atoms with Crippen LogP contribution in [0.25, 0.3) is 0 Å². The molecule has 2 aromatic carbocycles. The molecule has 0 fully saturated rings. The second-order valence-corrected chi connectivity index (χ2v) is 8.53. The number of hydrogen-bond acceptors (Lipinski definition) is 6. The lowest BCUT2D eigenvalue weighted by Crippen LogP contribution is -2.30. The van der Waals surface area contributed by atoms with Gasteiger partial charge in [0.1, 0.15) is 5.56 Å². The summed E-state index contributed by atoms with van der Waals surface area (Å²) in [6, 6.07) is 10.0. The van der Waals surface area contributed by atoms with Gasteiger partial charge >= 0.3 is 0 Å². The van der Waals surface area contributed by atoms with Crippen molar-refractivity contribution in [1.29, 1.82) is 0 Å². The maximum absolute atomic E-state index is 12.5. The molecule has 10 heteroatoms. The molecule has 0 saturated carbocycles. The van der Waals surface area contributed by atoms with Crippen molar-refractivity contribution in [3.8, 4) is 0 Å². The molecule has 0 bridgehead atoms. The number of amides is 1. The summed E-state index contributed by atoms with van der Waals surface area (Å²) in [5, 5.41) is 13.8. The van der Waals surface area contributed by atoms with Gasteiger partial charge in [-0.2, -0.15) is 4.31 Å². The van der Waals surface area contributed by atoms with Gasteiger partial charge in [0.2, 0.25) is 10.0 Å². The lowest BCUT2D eigenvalue weighted by Gasteiger charge is -2.18. The van der Waals surface area contributed by atoms with Gasteiger partial charge in [-0.25, -0.2) is 8.42 Å². The summed E-state index contributed by atoms with van der Waals surface area (Å²) in [4.78, 5) is 24.0. The number of carbonyl (C=O) groups is 1. The Morgan fingerprint density at radius 2 is 1.75 bits per heavy atom. The molecule has 0 spiro atoms. The Morgan fingerprint density at radius 3 is 2.25 bits per heavy atom. The van der Waals surface area contributed by atoms with Crippen LogP contribution in [0, 0.1) is 10.1 Å². The summed E-state index contributed by atoms with van der Waals surface area (Å²) in [7, 11) is -3.60. The first kappa shape index (κ1) is 21.9. The minimum Gasteiger partial charge on any atom is -0.322 e. The van der Waals surface area contributed by atoms with E-state index < -0.39 is 20.9 Å². The Kier molecular flexibility index (Phi) is 7.17. The van der Waals surface area contributed by atoms with Gasteiger partial charge in [0.15, 0.2) is 0 Å². The van der Waals surface area contributed by atoms with Crippen LogP contribution in [0.1, 0.15) is 24.2 Å². The summed E-state index contributed by atoms with van der Waals surface area (Å²) < 4.78 is 26.3. The number of nitrogens with zero attached hydrogens (tertiary/aromatic N) is 2. The van der Waals surface area contributed by atoms with E-state index in [1.54, 1.807) is 26.2 Å². The van der Waals surface area contributed by atoms with Crippen molar-refractivity contribution in [2.45, 2.75) is 23.6 Å². The van der Waals surface area contributed by atoms with Crippen LogP contribution in [-0.2, 0) is 10.0 Å². The highest BCUT2D eigenvalue weighted by atomic mass is 32.2. The van der Waals surface area contributed by atoms with E-state index in [1.165, 1.54) is 52.5 Å². The molecule has 1 N–H and O–H groups in total. The maximum Gasteiger partial charge on any atom is 0.282 e. The van der Waals surface area contributed by atoms with E-state index in [2.05, 4.69) is 5.32 Å². The third-order valence-corrected chi connectivity index (χ3v) is 6.89. The number of rotatable bonds is 8. The number of hydrogen-bond donors (Lipinski definition) is 1. The summed E-state index contributed by atoms with van der Waals surface area (Å²) in [5.74, 6) is -0.637. The van der Waals surface area contributed by atoms with Gasteiger partial charge in [0, 0.05) is 29.7 Å². The van der Waals surface area contributed by atoms with Gasteiger partial charge in [0.25, 0.3) is 11.6 Å². The van der Waals surface area contributed by atoms with Crippen LogP contribution in [-0.4, -0.2) is 42.9 Å². The Balaban J connectivity index is 2.28. The average molecular weight is 424 g/mol. The quantitative estimate of drug-likeness (QED) is 0.395. The lowest BCUT2D eigenvalue weighted by molar-refractivity contribution is -0.385. The van der Waals surface area contributed by atoms with Crippen molar-refractivity contribution in [2.75, 3.05) is 24.7 Å². The summed E-state index contributed by atoms with van der Waals surface area (Å²) in [6.07, 6.45) is 1.80. The molecule has 2 rings (SSSR count). The van der Waals surface area contributed by atoms with E-state index in [0.29, 0.717) is 18.8 Å². The maximum atomic E-state index is 12.5. The highest BCUT2D eigenvalue weighted by Crippen LogP contribution is 2.26. The fourth-order valence-corrected chi connectivity index (χ4v) is 4.50. The summed E-state index contributed by atoms with van der Waals surface area (Å²) in [6.45, 7) is 4.22. The molecule has 0 heterocycles. The van der Waals surface area contributed by atoms with Gasteiger partial charge in [-0.15, -0.1) is 11.8 Å². The van der Waals surface area contributed by atoms with Gasteiger partial charge in [0.05, 0.1) is 9.82 Å². The average Bonchev–Trinajstić information content (AvgIpc) is 2.68. The number of nitro groups is 1. The van der Waals surface area contributed by atoms with Gasteiger partial charge in [-0.3, -0.25) is 14.9 Å². The van der Waals surface area contributed by atoms with Crippen molar-refractivity contribution in [3.63, 3.8) is 0 Å². The van der Waals surface area contributed by atoms with Crippen LogP contribution < -0.4 is 5.32 Å². The van der Waals surface area contributed by atoms with E-state index in [4.69, 9.17) is 0 Å². The van der Waals surface area contributed by atoms with Crippen LogP contribution in [0.5, 0.6) is 0 Å². The fourth-order valence-electron chi connectivity index (χ4n) is 2.60. The van der Waals surface area contributed by atoms with Gasteiger partial charge in [-0.1, -0.05) is 13.8 Å². The van der Waals surface area contributed by atoms with Gasteiger partial charge < -0.3 is 5.32 Å². The zero-order valence-corrected chi connectivity index (χ0v) is 17.3. The summed E-state index contributed by atoms with van der Waals surface area (Å²) >= 11 is 1.36. The van der Waals surface area contributed by atoms with E-state index in [-0.39, 0.29) is 16.1 Å². The number of sulfonamides is 1. The first-order valence-electron chi connectivity index (χ1n) is 8.48. The second kappa shape index (κ2) is 9.18. The van der Waals surface area contributed by atoms with Crippen molar-refractivity contribution >= 4 is 39.1 Å². The summed E-state index contributed by atoms with van der Waals surface area (Å²) in [5.41, 5.74) is -0.0138. The van der Waals surface area contributed by atoms with Crippen molar-refractivity contribution < 1.29 is 18.1 Å². The molecule has 0 saturated heterocycles. The molecule has 0 aliphatic heterocycles. The molecular formula is C18H21N3O5S2. The standard InChI is InChI=1S/C18H21N3O5S2/c1-4-20(5-2)28(25,26)15-9-6-13(7-10-15)19-18(22)16-12-14(27-3)8-11-17(16)21(23)24/h6-12H,4-5H2,1-3H3,(H,19,22). The molecule has 1 amide bonds. The third-order valence-electron chi connectivity index (χ3n) is 4.10. The number of benzene rings is 2. The third kappa shape index (κ3) is 4.70. The van der Waals surface area contributed by atoms with E-state index in [0.717, 1.165) is 4.90 Å². The van der Waals surface area contributed by atoms with Crippen LogP contribution in [0.4, 0.5) is 11.4 Å². The van der Waals surface area contributed by atoms with Crippen LogP contribution in [0.15, 0.2) is 52.3 Å². The lowest BCUT2D eigenvalue weighted by atomic mass is 10.1. The molecule has 0 aliphatic carbocycles. The predicted octanol–water partition coefficient (Wildman–Crippen LogP) is 3.60. The first-order chi connectivity index (χ1) is 13.2. The highest BCUT2D eigenvalue weighted by molar-refractivity contribution is 7.98. The number of thioether (sulfide) groups is 1. The van der Waals surface area contributed by atoms with Crippen molar-refractivity contribution in [1.82, 2.24) is 4.31 Å². The van der Waals surface area contributed by atoms with E-state index >= 15 is 0 Å². The minimum absolute atomic E-state index is 0.0586. The minimum atomic E-state index is -3.60. The zero-order valence-electron chi connectivity index (χ0n) is 15.7. The fraction of sp³-hybridized carbons (Fsp3) is 0.278. The number of anilines is 1. The highest BCUT2D eigenvalue weighted by Gasteiger charge is 2.23. The topological polar surface area (TPSA) is 110 Å². The molecule has 2 aromatic rings. The van der Waals surface area contributed by atoms with E-state index in [1.807, 2.05) is 0 Å². The molecule has 28 heavy (non-hydrogen) atoms. The number of carbonyl (C=O) groups excluding carboxylic acids is 1. The monoisotopic (exact) mass is 423 g/mol. The van der Waals surface area contributed by atoms with Crippen molar-refractivity contribution in [3.05, 3.63) is 58.1 Å². The van der Waals surface area contributed by atoms with Crippen LogP contribution in [0.2, 0.25) is 0 Å². The first-order valence-corrected chi connectivity index (χ1v) is 11.1. The van der Waals surface area contributed by atoms with E-state index in [9.17, 15) is 23.3 Å². The largest absolute Gasteiger partial charge is 0.322 e. The Labute approximate surface area is 168 Å². The van der Waals surface area contributed by atoms with Crippen LogP contribution >= 0.6 is 11.8 Å². The molecule has 0 unspecified atom stereocenters. The Hall–Kier alpha value is -2.43. The molecule has 0 aromatic heterocycles. The van der Waals surface area contributed by atoms with Gasteiger partial charge in [-0.05, 0) is 42.7 Å². The molecule has 150 valence electrons. The van der Waals surface area contributed by atoms with Crippen LogP contribution in [0.3, 0.4) is 0 Å².